The lowest BCUT2D eigenvalue weighted by atomic mass is 9.80. The van der Waals surface area contributed by atoms with E-state index in [4.69, 9.17) is 0 Å². The molecule has 1 aliphatic rings. The number of hydrogen-bond donors (Lipinski definition) is 0. The first kappa shape index (κ1) is 30.4. The number of benzene rings is 7. The van der Waals surface area contributed by atoms with E-state index in [-0.39, 0.29) is 5.41 Å². The highest BCUT2D eigenvalue weighted by Gasteiger charge is 2.38. The van der Waals surface area contributed by atoms with Crippen LogP contribution in [0, 0.1) is 34.0 Å². The van der Waals surface area contributed by atoms with Gasteiger partial charge in [-0.05, 0) is 76.3 Å². The number of nitrogens with zero attached hydrogens (tertiary/aromatic N) is 5. The molecule has 0 fully saturated rings. The first-order valence-corrected chi connectivity index (χ1v) is 17.6. The summed E-state index contributed by atoms with van der Waals surface area (Å²) in [4.78, 5) is 0. The van der Waals surface area contributed by atoms with Crippen LogP contribution in [0.2, 0.25) is 0 Å². The van der Waals surface area contributed by atoms with Crippen LogP contribution in [-0.2, 0) is 5.41 Å². The Morgan fingerprint density at radius 3 is 1.70 bits per heavy atom. The van der Waals surface area contributed by atoms with Gasteiger partial charge in [0.05, 0.1) is 56.2 Å². The summed E-state index contributed by atoms with van der Waals surface area (Å²) in [5, 5.41) is 36.4. The minimum absolute atomic E-state index is 0.232. The van der Waals surface area contributed by atoms with Gasteiger partial charge in [0.15, 0.2) is 0 Å². The molecule has 2 aromatic heterocycles. The number of hydrogen-bond acceptors (Lipinski definition) is 3. The Bertz CT molecular complexity index is 3130. The summed E-state index contributed by atoms with van der Waals surface area (Å²) in [5.41, 5.74) is 12.8. The molecule has 53 heavy (non-hydrogen) atoms. The molecular weight excluding hydrogens is 647 g/mol. The van der Waals surface area contributed by atoms with Gasteiger partial charge in [0.2, 0.25) is 0 Å². The van der Waals surface area contributed by atoms with E-state index in [0.717, 1.165) is 49.3 Å². The zero-order chi connectivity index (χ0) is 36.0. The van der Waals surface area contributed by atoms with E-state index in [1.165, 1.54) is 22.3 Å². The average molecular weight is 676 g/mol. The third kappa shape index (κ3) is 4.10. The van der Waals surface area contributed by atoms with Gasteiger partial charge in [-0.15, -0.1) is 0 Å². The Balaban J connectivity index is 1.18. The lowest BCUT2D eigenvalue weighted by Gasteiger charge is -2.22. The monoisotopic (exact) mass is 675 g/mol. The minimum atomic E-state index is -0.232. The Labute approximate surface area is 306 Å². The van der Waals surface area contributed by atoms with E-state index in [9.17, 15) is 15.8 Å². The second-order valence-electron chi connectivity index (χ2n) is 14.3. The zero-order valence-corrected chi connectivity index (χ0v) is 29.0. The third-order valence-corrected chi connectivity index (χ3v) is 11.2. The van der Waals surface area contributed by atoms with Crippen molar-refractivity contribution in [1.82, 2.24) is 9.13 Å². The summed E-state index contributed by atoms with van der Waals surface area (Å²) >= 11 is 0. The van der Waals surface area contributed by atoms with Crippen LogP contribution in [-0.4, -0.2) is 9.13 Å². The van der Waals surface area contributed by atoms with Crippen molar-refractivity contribution >= 4 is 43.6 Å². The molecule has 0 N–H and O–H groups in total. The van der Waals surface area contributed by atoms with E-state index in [0.29, 0.717) is 33.5 Å². The summed E-state index contributed by atoms with van der Waals surface area (Å²) in [6.07, 6.45) is 0. The minimum Gasteiger partial charge on any atom is -0.308 e. The summed E-state index contributed by atoms with van der Waals surface area (Å²) in [6, 6.07) is 54.4. The Morgan fingerprint density at radius 1 is 0.453 bits per heavy atom. The standard InChI is InChI=1S/C48H29N5/c1-48(2)39-15-7-3-11-33(39)36-20-22-44-46(47(36)48)37-14-6-10-18-43(37)53(44)45-25-30(26-49)38(24-32(45)28-51)29-19-21-40(31(23-29)27-50)52-41-16-8-4-12-34(41)35-13-5-9-17-42(35)52/h3-25H,1-2H3. The van der Waals surface area contributed by atoms with Crippen LogP contribution in [0.4, 0.5) is 0 Å². The summed E-state index contributed by atoms with van der Waals surface area (Å²) < 4.78 is 4.26. The number of rotatable bonds is 3. The molecule has 7 aromatic carbocycles. The van der Waals surface area contributed by atoms with Crippen molar-refractivity contribution < 1.29 is 0 Å². The predicted octanol–water partition coefficient (Wildman–Crippen LogP) is 11.5. The topological polar surface area (TPSA) is 81.2 Å². The van der Waals surface area contributed by atoms with Crippen molar-refractivity contribution in [2.75, 3.05) is 0 Å². The van der Waals surface area contributed by atoms with Crippen LogP contribution in [0.25, 0.3) is 77.2 Å². The Kier molecular flexibility index (Phi) is 6.35. The van der Waals surface area contributed by atoms with E-state index in [1.807, 2.05) is 54.6 Å². The number of nitriles is 3. The maximum absolute atomic E-state index is 10.7. The lowest BCUT2D eigenvalue weighted by Crippen LogP contribution is -2.15. The van der Waals surface area contributed by atoms with E-state index < -0.39 is 0 Å². The molecule has 0 bridgehead atoms. The van der Waals surface area contributed by atoms with Gasteiger partial charge in [0.1, 0.15) is 12.1 Å². The maximum atomic E-state index is 10.7. The third-order valence-electron chi connectivity index (χ3n) is 11.2. The molecule has 0 aliphatic heterocycles. The van der Waals surface area contributed by atoms with Crippen molar-refractivity contribution in [3.8, 4) is 51.8 Å². The maximum Gasteiger partial charge on any atom is 0.101 e. The van der Waals surface area contributed by atoms with Crippen LogP contribution >= 0.6 is 0 Å². The van der Waals surface area contributed by atoms with Gasteiger partial charge in [0.25, 0.3) is 0 Å². The van der Waals surface area contributed by atoms with Crippen LogP contribution in [0.1, 0.15) is 41.7 Å². The largest absolute Gasteiger partial charge is 0.308 e. The van der Waals surface area contributed by atoms with Gasteiger partial charge < -0.3 is 9.13 Å². The van der Waals surface area contributed by atoms with Crippen LogP contribution < -0.4 is 0 Å². The molecule has 9 aromatic rings. The van der Waals surface area contributed by atoms with E-state index in [2.05, 4.69) is 120 Å². The van der Waals surface area contributed by atoms with Crippen molar-refractivity contribution in [2.24, 2.45) is 0 Å². The van der Waals surface area contributed by atoms with Crippen molar-refractivity contribution in [1.29, 1.82) is 15.8 Å². The molecule has 246 valence electrons. The molecule has 1 aliphatic carbocycles. The molecule has 5 heteroatoms. The van der Waals surface area contributed by atoms with Crippen molar-refractivity contribution in [3.05, 3.63) is 167 Å². The predicted molar refractivity (Wildman–Crippen MR) is 212 cm³/mol. The van der Waals surface area contributed by atoms with Crippen molar-refractivity contribution in [2.45, 2.75) is 19.3 Å². The van der Waals surface area contributed by atoms with Gasteiger partial charge in [-0.1, -0.05) is 105 Å². The molecule has 2 heterocycles. The first-order valence-electron chi connectivity index (χ1n) is 17.6. The highest BCUT2D eigenvalue weighted by atomic mass is 15.0. The average Bonchev–Trinajstić information content (AvgIpc) is 3.80. The molecule has 0 atom stereocenters. The molecular formula is C48H29N5. The molecule has 0 amide bonds. The highest BCUT2D eigenvalue weighted by Crippen LogP contribution is 2.53. The molecule has 0 saturated heterocycles. The van der Waals surface area contributed by atoms with E-state index in [1.54, 1.807) is 6.07 Å². The van der Waals surface area contributed by atoms with Gasteiger partial charge in [-0.2, -0.15) is 15.8 Å². The van der Waals surface area contributed by atoms with Crippen LogP contribution in [0.15, 0.2) is 140 Å². The van der Waals surface area contributed by atoms with E-state index >= 15 is 0 Å². The molecule has 5 nitrogen and oxygen atoms in total. The fourth-order valence-electron chi connectivity index (χ4n) is 8.96. The number of fused-ring (bicyclic) bond motifs is 10. The smallest absolute Gasteiger partial charge is 0.101 e. The molecule has 10 rings (SSSR count). The Morgan fingerprint density at radius 2 is 1.02 bits per heavy atom. The van der Waals surface area contributed by atoms with Gasteiger partial charge >= 0.3 is 0 Å². The molecule has 0 radical (unpaired) electrons. The van der Waals surface area contributed by atoms with Crippen molar-refractivity contribution in [3.63, 3.8) is 0 Å². The SMILES string of the molecule is CC1(C)c2ccccc2-c2ccc3c(c21)c1ccccc1n3-c1cc(C#N)c(-c2ccc(-n3c4ccccc4c4ccccc43)c(C#N)c2)cc1C#N. The summed E-state index contributed by atoms with van der Waals surface area (Å²) in [6.45, 7) is 4.57. The quantitative estimate of drug-likeness (QED) is 0.187. The molecule has 0 saturated carbocycles. The molecule has 0 unspecified atom stereocenters. The van der Waals surface area contributed by atoms with Gasteiger partial charge in [0, 0.05) is 32.5 Å². The second kappa shape index (κ2) is 11.1. The van der Waals surface area contributed by atoms with Gasteiger partial charge in [-0.3, -0.25) is 0 Å². The Hall–Kier alpha value is -7.39. The number of aromatic nitrogens is 2. The van der Waals surface area contributed by atoms with Crippen LogP contribution in [0.5, 0.6) is 0 Å². The second-order valence-corrected chi connectivity index (χ2v) is 14.3. The fourth-order valence-corrected chi connectivity index (χ4v) is 8.96. The molecule has 0 spiro atoms. The first-order chi connectivity index (χ1) is 25.9. The fraction of sp³-hybridized carbons (Fsp3) is 0.0625. The lowest BCUT2D eigenvalue weighted by molar-refractivity contribution is 0.666. The highest BCUT2D eigenvalue weighted by molar-refractivity contribution is 6.14. The number of para-hydroxylation sites is 3. The summed E-state index contributed by atoms with van der Waals surface area (Å²) in [7, 11) is 0. The normalized spacial score (nSPS) is 12.8. The van der Waals surface area contributed by atoms with Gasteiger partial charge in [-0.25, -0.2) is 0 Å². The summed E-state index contributed by atoms with van der Waals surface area (Å²) in [5.74, 6) is 0. The zero-order valence-electron chi connectivity index (χ0n) is 29.0. The van der Waals surface area contributed by atoms with Crippen LogP contribution in [0.3, 0.4) is 0 Å².